The second-order valence-electron chi connectivity index (χ2n) is 16.2. The first-order chi connectivity index (χ1) is 19.0. The Morgan fingerprint density at radius 1 is 1.05 bits per heavy atom. The van der Waals surface area contributed by atoms with Crippen LogP contribution in [0.5, 0.6) is 0 Å². The number of allylic oxidation sites excluding steroid dienone is 4. The van der Waals surface area contributed by atoms with Crippen LogP contribution in [0.1, 0.15) is 105 Å². The molecule has 0 radical (unpaired) electrons. The van der Waals surface area contributed by atoms with E-state index < -0.39 is 10.8 Å². The summed E-state index contributed by atoms with van der Waals surface area (Å²) in [5.41, 5.74) is -0.453. The summed E-state index contributed by atoms with van der Waals surface area (Å²) in [5.74, 6) is 0.184. The zero-order valence-corrected chi connectivity index (χ0v) is 25.8. The number of imidazole rings is 1. The van der Waals surface area contributed by atoms with E-state index in [1.165, 1.54) is 0 Å². The highest BCUT2D eigenvalue weighted by atomic mass is 16.2. The summed E-state index contributed by atoms with van der Waals surface area (Å²) in [6.07, 6.45) is 15.9. The Bertz CT molecular complexity index is 1440. The molecule has 1 aromatic heterocycles. The highest BCUT2D eigenvalue weighted by Gasteiger charge is 2.69. The van der Waals surface area contributed by atoms with Crippen LogP contribution in [0.25, 0.3) is 0 Å². The van der Waals surface area contributed by atoms with Crippen LogP contribution in [-0.2, 0) is 9.59 Å². The van der Waals surface area contributed by atoms with Gasteiger partial charge in [0.1, 0.15) is 12.4 Å². The van der Waals surface area contributed by atoms with Crippen molar-refractivity contribution in [3.8, 4) is 6.07 Å². The maximum Gasteiger partial charge on any atom is 0.232 e. The highest BCUT2D eigenvalue weighted by Crippen LogP contribution is 2.74. The molecule has 6 nitrogen and oxygen atoms in total. The number of nitriles is 1. The standard InChI is InChI=1S/C35H45N3O3/c1-30(2)10-12-35(19-27(40)38-15-14-37-21-38)13-11-34(7)28(23(35)18-30)24(39)16-26-32(5)17-22(20-36)29(41)31(3,4)25(32)8-9-33(26,34)6/h14-17,21,23,25,28H,8-13,18-19H2,1-7H3/t23-,25-,28-,32-,33+,34+,35+/m0/s1. The molecule has 41 heavy (non-hydrogen) atoms. The van der Waals surface area contributed by atoms with Gasteiger partial charge in [-0.05, 0) is 84.5 Å². The lowest BCUT2D eigenvalue weighted by atomic mass is 9.34. The largest absolute Gasteiger partial charge is 0.295 e. The average Bonchev–Trinajstić information content (AvgIpc) is 3.44. The monoisotopic (exact) mass is 555 g/mol. The van der Waals surface area contributed by atoms with Crippen LogP contribution in [0.2, 0.25) is 0 Å². The van der Waals surface area contributed by atoms with Gasteiger partial charge in [0.2, 0.25) is 5.91 Å². The predicted octanol–water partition coefficient (Wildman–Crippen LogP) is 7.13. The SMILES string of the molecule is CC1(C)CC[C@]2(CC(=O)n3ccnc3)CC[C@]3(C)[C@H](C(=O)C=C4[C@@]5(C)C=C(C#N)C(=O)C(C)(C)[C@@H]5CC[C@]43C)[C@@H]2C1. The fourth-order valence-electron chi connectivity index (χ4n) is 10.8. The Hall–Kier alpha value is -2.81. The topological polar surface area (TPSA) is 92.8 Å². The fraction of sp³-hybridized carbons (Fsp3) is 0.686. The molecule has 0 saturated heterocycles. The minimum Gasteiger partial charge on any atom is -0.295 e. The smallest absolute Gasteiger partial charge is 0.232 e. The summed E-state index contributed by atoms with van der Waals surface area (Å²) in [5, 5.41) is 9.94. The molecule has 218 valence electrons. The van der Waals surface area contributed by atoms with Crippen LogP contribution in [0.4, 0.5) is 0 Å². The molecule has 7 atom stereocenters. The molecule has 1 heterocycles. The quantitative estimate of drug-likeness (QED) is 0.387. The lowest BCUT2D eigenvalue weighted by Crippen LogP contribution is -2.65. The van der Waals surface area contributed by atoms with Gasteiger partial charge >= 0.3 is 0 Å². The molecule has 0 bridgehead atoms. The lowest BCUT2D eigenvalue weighted by Gasteiger charge is -2.69. The van der Waals surface area contributed by atoms with E-state index in [9.17, 15) is 19.6 Å². The number of aromatic nitrogens is 2. The number of fused-ring (bicyclic) bond motifs is 7. The van der Waals surface area contributed by atoms with Crippen molar-refractivity contribution in [2.75, 3.05) is 0 Å². The normalized spacial score (nSPS) is 42.4. The van der Waals surface area contributed by atoms with Gasteiger partial charge in [-0.25, -0.2) is 4.98 Å². The third-order valence-electron chi connectivity index (χ3n) is 13.3. The molecule has 5 aliphatic rings. The van der Waals surface area contributed by atoms with Crippen molar-refractivity contribution in [2.24, 2.45) is 50.2 Å². The molecule has 5 aliphatic carbocycles. The van der Waals surface area contributed by atoms with Gasteiger partial charge < -0.3 is 0 Å². The number of Topliss-reactive ketones (excluding diaryl/α,β-unsaturated/α-hetero) is 1. The summed E-state index contributed by atoms with van der Waals surface area (Å²) in [4.78, 5) is 45.5. The van der Waals surface area contributed by atoms with E-state index in [2.05, 4.69) is 45.7 Å². The third-order valence-corrected chi connectivity index (χ3v) is 13.3. The van der Waals surface area contributed by atoms with Gasteiger partial charge in [-0.1, -0.05) is 60.1 Å². The highest BCUT2D eigenvalue weighted by molar-refractivity contribution is 6.04. The molecule has 0 N–H and O–H groups in total. The maximum atomic E-state index is 14.6. The molecule has 6 heteroatoms. The van der Waals surface area contributed by atoms with E-state index in [-0.39, 0.29) is 62.5 Å². The van der Waals surface area contributed by atoms with E-state index in [0.717, 1.165) is 50.5 Å². The summed E-state index contributed by atoms with van der Waals surface area (Å²) in [7, 11) is 0. The van der Waals surface area contributed by atoms with Crippen LogP contribution in [0.3, 0.4) is 0 Å². The van der Waals surface area contributed by atoms with Crippen LogP contribution in [0.15, 0.2) is 42.0 Å². The van der Waals surface area contributed by atoms with Crippen molar-refractivity contribution < 1.29 is 14.4 Å². The predicted molar refractivity (Wildman–Crippen MR) is 156 cm³/mol. The van der Waals surface area contributed by atoms with Crippen LogP contribution in [-0.4, -0.2) is 27.0 Å². The Morgan fingerprint density at radius 2 is 1.76 bits per heavy atom. The van der Waals surface area contributed by atoms with Crippen LogP contribution < -0.4 is 0 Å². The summed E-state index contributed by atoms with van der Waals surface area (Å²) >= 11 is 0. The molecule has 3 fully saturated rings. The van der Waals surface area contributed by atoms with E-state index in [1.54, 1.807) is 23.3 Å². The van der Waals surface area contributed by atoms with Gasteiger partial charge in [-0.2, -0.15) is 5.26 Å². The molecule has 1 aromatic rings. The number of carbonyl (C=O) groups excluding carboxylic acids is 3. The van der Waals surface area contributed by atoms with Gasteiger partial charge in [0.05, 0.1) is 5.57 Å². The third kappa shape index (κ3) is 3.66. The Kier molecular flexibility index (Phi) is 5.95. The first kappa shape index (κ1) is 28.3. The molecule has 0 amide bonds. The van der Waals surface area contributed by atoms with Crippen LogP contribution in [0, 0.1) is 61.6 Å². The van der Waals surface area contributed by atoms with Crippen molar-refractivity contribution in [1.82, 2.24) is 9.55 Å². The zero-order chi connectivity index (χ0) is 29.8. The van der Waals surface area contributed by atoms with E-state index in [1.807, 2.05) is 26.0 Å². The summed E-state index contributed by atoms with van der Waals surface area (Å²) in [6, 6.07) is 2.19. The molecule has 3 saturated carbocycles. The Balaban J connectivity index is 1.48. The van der Waals surface area contributed by atoms with Gasteiger partial charge in [-0.15, -0.1) is 0 Å². The van der Waals surface area contributed by atoms with E-state index >= 15 is 0 Å². The Morgan fingerprint density at radius 3 is 2.41 bits per heavy atom. The van der Waals surface area contributed by atoms with Crippen molar-refractivity contribution >= 4 is 17.5 Å². The number of nitrogens with zero attached hydrogens (tertiary/aromatic N) is 3. The summed E-state index contributed by atoms with van der Waals surface area (Å²) in [6.45, 7) is 15.5. The molecule has 0 spiro atoms. The van der Waals surface area contributed by atoms with E-state index in [4.69, 9.17) is 0 Å². The molecule has 6 rings (SSSR count). The first-order valence-electron chi connectivity index (χ1n) is 15.5. The van der Waals surface area contributed by atoms with Crippen molar-refractivity contribution in [3.63, 3.8) is 0 Å². The van der Waals surface area contributed by atoms with Gasteiger partial charge in [0.25, 0.3) is 0 Å². The van der Waals surface area contributed by atoms with Gasteiger partial charge in [-0.3, -0.25) is 19.0 Å². The number of hydrogen-bond acceptors (Lipinski definition) is 5. The number of hydrogen-bond donors (Lipinski definition) is 0. The minimum atomic E-state index is -0.666. The number of ketones is 2. The fourth-order valence-corrected chi connectivity index (χ4v) is 10.8. The number of rotatable bonds is 2. The second kappa shape index (κ2) is 8.62. The van der Waals surface area contributed by atoms with Crippen molar-refractivity contribution in [1.29, 1.82) is 5.26 Å². The molecule has 0 aliphatic heterocycles. The van der Waals surface area contributed by atoms with Crippen molar-refractivity contribution in [3.05, 3.63) is 42.0 Å². The summed E-state index contributed by atoms with van der Waals surface area (Å²) < 4.78 is 1.61. The van der Waals surface area contributed by atoms with Gasteiger partial charge in [0.15, 0.2) is 11.6 Å². The zero-order valence-electron chi connectivity index (χ0n) is 25.8. The molecule has 0 aromatic carbocycles. The maximum absolute atomic E-state index is 14.6. The first-order valence-corrected chi connectivity index (χ1v) is 15.5. The average molecular weight is 556 g/mol. The van der Waals surface area contributed by atoms with Crippen LogP contribution >= 0.6 is 0 Å². The van der Waals surface area contributed by atoms with E-state index in [0.29, 0.717) is 6.42 Å². The van der Waals surface area contributed by atoms with Crippen molar-refractivity contribution in [2.45, 2.75) is 99.8 Å². The molecular formula is C35H45N3O3. The molecular weight excluding hydrogens is 510 g/mol. The second-order valence-corrected chi connectivity index (χ2v) is 16.2. The minimum absolute atomic E-state index is 0.0379. The lowest BCUT2D eigenvalue weighted by molar-refractivity contribution is -0.171. The molecule has 0 unspecified atom stereocenters. The van der Waals surface area contributed by atoms with Gasteiger partial charge in [0, 0.05) is 35.6 Å². The Labute approximate surface area is 244 Å². The number of carbonyl (C=O) groups is 3.